The second-order valence-electron chi connectivity index (χ2n) is 6.42. The van der Waals surface area contributed by atoms with Gasteiger partial charge in [-0.1, -0.05) is 29.3 Å². The van der Waals surface area contributed by atoms with Gasteiger partial charge in [0.05, 0.1) is 12.2 Å². The second-order valence-corrected chi connectivity index (χ2v) is 7.91. The summed E-state index contributed by atoms with van der Waals surface area (Å²) in [6, 6.07) is 14.1. The predicted octanol–water partition coefficient (Wildman–Crippen LogP) is 3.73. The Labute approximate surface area is 179 Å². The van der Waals surface area contributed by atoms with Crippen LogP contribution < -0.4 is 16.2 Å². The summed E-state index contributed by atoms with van der Waals surface area (Å²) in [5, 5.41) is 3.38. The maximum Gasteiger partial charge on any atom is 0.248 e. The van der Waals surface area contributed by atoms with E-state index in [0.717, 1.165) is 16.0 Å². The lowest BCUT2D eigenvalue weighted by atomic mass is 10.1. The van der Waals surface area contributed by atoms with E-state index < -0.39 is 0 Å². The average Bonchev–Trinajstić information content (AvgIpc) is 2.67. The summed E-state index contributed by atoms with van der Waals surface area (Å²) in [5.41, 5.74) is 7.09. The van der Waals surface area contributed by atoms with Gasteiger partial charge in [-0.05, 0) is 55.8 Å². The molecule has 0 saturated carbocycles. The number of allylic oxidation sites excluding steroid dienone is 1. The lowest BCUT2D eigenvalue weighted by Crippen LogP contribution is -2.43. The van der Waals surface area contributed by atoms with Crippen molar-refractivity contribution in [2.24, 2.45) is 0 Å². The first kappa shape index (κ1) is 22.5. The summed E-state index contributed by atoms with van der Waals surface area (Å²) < 4.78 is 0. The SMILES string of the molecule is CC(C)=CC(=O)Nc1ccc(CC(=O)NNC(=O)CSc2ccc(Cl)cc2)cc1. The number of hydrogen-bond acceptors (Lipinski definition) is 4. The Balaban J connectivity index is 1.72. The smallest absolute Gasteiger partial charge is 0.248 e. The molecule has 0 heterocycles. The van der Waals surface area contributed by atoms with Crippen molar-refractivity contribution in [3.63, 3.8) is 0 Å². The van der Waals surface area contributed by atoms with E-state index in [9.17, 15) is 14.4 Å². The molecule has 0 unspecified atom stereocenters. The lowest BCUT2D eigenvalue weighted by molar-refractivity contribution is -0.127. The molecule has 3 amide bonds. The molecule has 0 saturated heterocycles. The molecule has 0 aliphatic heterocycles. The van der Waals surface area contributed by atoms with Crippen molar-refractivity contribution in [2.75, 3.05) is 11.1 Å². The topological polar surface area (TPSA) is 87.3 Å². The first-order valence-corrected chi connectivity index (χ1v) is 10.2. The average molecular weight is 432 g/mol. The van der Waals surface area contributed by atoms with Gasteiger partial charge in [0.15, 0.2) is 0 Å². The van der Waals surface area contributed by atoms with Crippen LogP contribution in [0.4, 0.5) is 5.69 Å². The van der Waals surface area contributed by atoms with Crippen molar-refractivity contribution < 1.29 is 14.4 Å². The van der Waals surface area contributed by atoms with Gasteiger partial charge in [-0.2, -0.15) is 0 Å². The van der Waals surface area contributed by atoms with Crippen LogP contribution in [0.5, 0.6) is 0 Å². The lowest BCUT2D eigenvalue weighted by Gasteiger charge is -2.08. The predicted molar refractivity (Wildman–Crippen MR) is 117 cm³/mol. The summed E-state index contributed by atoms with van der Waals surface area (Å²) in [7, 11) is 0. The van der Waals surface area contributed by atoms with E-state index in [1.807, 2.05) is 26.0 Å². The number of halogens is 1. The quantitative estimate of drug-likeness (QED) is 0.354. The molecular formula is C21H22ClN3O3S. The van der Waals surface area contributed by atoms with Crippen molar-refractivity contribution in [3.8, 4) is 0 Å². The Kier molecular flexibility index (Phi) is 8.76. The van der Waals surface area contributed by atoms with Gasteiger partial charge in [0, 0.05) is 21.7 Å². The molecule has 0 aliphatic rings. The van der Waals surface area contributed by atoms with Crippen LogP contribution in [0.2, 0.25) is 5.02 Å². The minimum absolute atomic E-state index is 0.104. The number of carbonyl (C=O) groups is 3. The van der Waals surface area contributed by atoms with Crippen molar-refractivity contribution in [2.45, 2.75) is 25.2 Å². The third-order valence-electron chi connectivity index (χ3n) is 3.53. The zero-order chi connectivity index (χ0) is 21.2. The molecule has 0 spiro atoms. The van der Waals surface area contributed by atoms with Gasteiger partial charge in [0.25, 0.3) is 0 Å². The van der Waals surface area contributed by atoms with E-state index in [1.165, 1.54) is 17.8 Å². The van der Waals surface area contributed by atoms with Crippen LogP contribution >= 0.6 is 23.4 Å². The van der Waals surface area contributed by atoms with Crippen LogP contribution in [0.3, 0.4) is 0 Å². The fourth-order valence-corrected chi connectivity index (χ4v) is 3.06. The highest BCUT2D eigenvalue weighted by Crippen LogP contribution is 2.19. The molecule has 2 aromatic carbocycles. The molecule has 0 fully saturated rings. The normalized spacial score (nSPS) is 10.0. The van der Waals surface area contributed by atoms with Crippen molar-refractivity contribution >= 4 is 46.8 Å². The number of nitrogens with one attached hydrogen (secondary N) is 3. The fourth-order valence-electron chi connectivity index (χ4n) is 2.23. The number of benzene rings is 2. The van der Waals surface area contributed by atoms with Gasteiger partial charge in [-0.3, -0.25) is 25.2 Å². The summed E-state index contributed by atoms with van der Waals surface area (Å²) in [5.74, 6) is -0.677. The zero-order valence-electron chi connectivity index (χ0n) is 16.1. The van der Waals surface area contributed by atoms with Crippen LogP contribution in [0.1, 0.15) is 19.4 Å². The van der Waals surface area contributed by atoms with Crippen LogP contribution in [0.25, 0.3) is 0 Å². The number of amides is 3. The fraction of sp³-hybridized carbons (Fsp3) is 0.190. The third kappa shape index (κ3) is 8.85. The number of anilines is 1. The van der Waals surface area contributed by atoms with Crippen molar-refractivity contribution in [1.82, 2.24) is 10.9 Å². The first-order chi connectivity index (χ1) is 13.8. The van der Waals surface area contributed by atoms with Gasteiger partial charge >= 0.3 is 0 Å². The van der Waals surface area contributed by atoms with Crippen LogP contribution in [-0.4, -0.2) is 23.5 Å². The molecule has 0 radical (unpaired) electrons. The number of hydrazine groups is 1. The van der Waals surface area contributed by atoms with Crippen LogP contribution in [0, 0.1) is 0 Å². The Morgan fingerprint density at radius 1 is 0.931 bits per heavy atom. The van der Waals surface area contributed by atoms with Crippen LogP contribution in [-0.2, 0) is 20.8 Å². The molecule has 2 aromatic rings. The van der Waals surface area contributed by atoms with Gasteiger partial charge in [0.2, 0.25) is 17.7 Å². The minimum atomic E-state index is -0.337. The molecular weight excluding hydrogens is 410 g/mol. The van der Waals surface area contributed by atoms with Gasteiger partial charge in [-0.15, -0.1) is 11.8 Å². The van der Waals surface area contributed by atoms with Gasteiger partial charge < -0.3 is 5.32 Å². The molecule has 3 N–H and O–H groups in total. The molecule has 0 aromatic heterocycles. The van der Waals surface area contributed by atoms with E-state index in [1.54, 1.807) is 36.4 Å². The molecule has 152 valence electrons. The van der Waals surface area contributed by atoms with E-state index in [4.69, 9.17) is 11.6 Å². The molecule has 0 atom stereocenters. The van der Waals surface area contributed by atoms with Crippen LogP contribution in [0.15, 0.2) is 65.1 Å². The monoisotopic (exact) mass is 431 g/mol. The number of hydrogen-bond donors (Lipinski definition) is 3. The Morgan fingerprint density at radius 3 is 2.17 bits per heavy atom. The molecule has 0 bridgehead atoms. The summed E-state index contributed by atoms with van der Waals surface area (Å²) in [4.78, 5) is 36.4. The first-order valence-electron chi connectivity index (χ1n) is 8.82. The Hall–Kier alpha value is -2.77. The standard InChI is InChI=1S/C21H22ClN3O3S/c1-14(2)11-19(26)23-17-7-3-15(4-8-17)12-20(27)24-25-21(28)13-29-18-9-5-16(22)6-10-18/h3-11H,12-13H2,1-2H3,(H,23,26)(H,24,27)(H,25,28). The minimum Gasteiger partial charge on any atom is -0.323 e. The molecule has 29 heavy (non-hydrogen) atoms. The van der Waals surface area contributed by atoms with Gasteiger partial charge in [0.1, 0.15) is 0 Å². The number of thioether (sulfide) groups is 1. The summed E-state index contributed by atoms with van der Waals surface area (Å²) in [6.45, 7) is 3.69. The number of carbonyl (C=O) groups excluding carboxylic acids is 3. The molecule has 8 heteroatoms. The highest BCUT2D eigenvalue weighted by molar-refractivity contribution is 8.00. The van der Waals surface area contributed by atoms with E-state index in [2.05, 4.69) is 16.2 Å². The summed E-state index contributed by atoms with van der Waals surface area (Å²) >= 11 is 7.16. The Morgan fingerprint density at radius 2 is 1.55 bits per heavy atom. The maximum atomic E-state index is 12.0. The maximum absolute atomic E-state index is 12.0. The highest BCUT2D eigenvalue weighted by Gasteiger charge is 2.07. The second kappa shape index (κ2) is 11.3. The van der Waals surface area contributed by atoms with Gasteiger partial charge in [-0.25, -0.2) is 0 Å². The number of rotatable bonds is 7. The van der Waals surface area contributed by atoms with E-state index in [-0.39, 0.29) is 29.9 Å². The molecule has 0 aliphatic carbocycles. The highest BCUT2D eigenvalue weighted by atomic mass is 35.5. The molecule has 2 rings (SSSR count). The van der Waals surface area contributed by atoms with Crippen molar-refractivity contribution in [3.05, 3.63) is 70.8 Å². The largest absolute Gasteiger partial charge is 0.323 e. The third-order valence-corrected chi connectivity index (χ3v) is 4.79. The summed E-state index contributed by atoms with van der Waals surface area (Å²) in [6.07, 6.45) is 1.61. The van der Waals surface area contributed by atoms with E-state index >= 15 is 0 Å². The zero-order valence-corrected chi connectivity index (χ0v) is 17.7. The van der Waals surface area contributed by atoms with E-state index in [0.29, 0.717) is 10.7 Å². The van der Waals surface area contributed by atoms with Crippen molar-refractivity contribution in [1.29, 1.82) is 0 Å². The Bertz CT molecular complexity index is 892. The molecule has 6 nitrogen and oxygen atoms in total.